The fourth-order valence-corrected chi connectivity index (χ4v) is 1.88. The molecule has 0 amide bonds. The molecule has 1 N–H and O–H groups in total. The van der Waals surface area contributed by atoms with Crippen LogP contribution in [0.15, 0.2) is 18.6 Å². The molecule has 0 saturated carbocycles. The van der Waals surface area contributed by atoms with E-state index in [0.717, 1.165) is 12.2 Å². The predicted molar refractivity (Wildman–Crippen MR) is 59.4 cm³/mol. The summed E-state index contributed by atoms with van der Waals surface area (Å²) in [4.78, 5) is 10.5. The van der Waals surface area contributed by atoms with Crippen LogP contribution in [-0.4, -0.2) is 41.0 Å². The van der Waals surface area contributed by atoms with Gasteiger partial charge < -0.3 is 10.2 Å². The number of rotatable bonds is 3. The summed E-state index contributed by atoms with van der Waals surface area (Å²) >= 11 is 0. The van der Waals surface area contributed by atoms with Gasteiger partial charge in [0.05, 0.1) is 5.69 Å². The highest BCUT2D eigenvalue weighted by molar-refractivity contribution is 4.97. The van der Waals surface area contributed by atoms with Crippen LogP contribution >= 0.6 is 0 Å². The number of nitrogens with zero attached hydrogens (tertiary/aromatic N) is 3. The van der Waals surface area contributed by atoms with E-state index in [0.29, 0.717) is 6.04 Å². The van der Waals surface area contributed by atoms with E-state index < -0.39 is 0 Å². The van der Waals surface area contributed by atoms with Crippen LogP contribution in [0.2, 0.25) is 0 Å². The molecule has 0 bridgehead atoms. The van der Waals surface area contributed by atoms with Crippen LogP contribution in [0, 0.1) is 0 Å². The summed E-state index contributed by atoms with van der Waals surface area (Å²) in [5.41, 5.74) is 1.07. The first-order valence-corrected chi connectivity index (χ1v) is 5.51. The van der Waals surface area contributed by atoms with Crippen LogP contribution < -0.4 is 5.32 Å². The van der Waals surface area contributed by atoms with E-state index in [1.165, 1.54) is 25.9 Å². The molecule has 1 aromatic heterocycles. The van der Waals surface area contributed by atoms with Gasteiger partial charge in [0.15, 0.2) is 0 Å². The van der Waals surface area contributed by atoms with Crippen molar-refractivity contribution in [2.45, 2.75) is 25.4 Å². The number of nitrogens with one attached hydrogen (secondary N) is 1. The number of hydrogen-bond acceptors (Lipinski definition) is 4. The van der Waals surface area contributed by atoms with E-state index in [9.17, 15) is 0 Å². The zero-order chi connectivity index (χ0) is 10.5. The van der Waals surface area contributed by atoms with E-state index in [1.807, 2.05) is 6.07 Å². The van der Waals surface area contributed by atoms with Crippen LogP contribution in [-0.2, 0) is 6.54 Å². The minimum atomic E-state index is 0.649. The fraction of sp³-hybridized carbons (Fsp3) is 0.636. The maximum Gasteiger partial charge on any atom is 0.115 e. The van der Waals surface area contributed by atoms with Gasteiger partial charge in [-0.2, -0.15) is 0 Å². The Labute approximate surface area is 90.7 Å². The Morgan fingerprint density at radius 3 is 2.93 bits per heavy atom. The summed E-state index contributed by atoms with van der Waals surface area (Å²) < 4.78 is 0. The van der Waals surface area contributed by atoms with Gasteiger partial charge in [-0.1, -0.05) is 0 Å². The Bertz CT molecular complexity index is 280. The number of hydrogen-bond donors (Lipinski definition) is 1. The highest BCUT2D eigenvalue weighted by Gasteiger charge is 2.15. The maximum atomic E-state index is 4.19. The molecule has 0 unspecified atom stereocenters. The Hall–Kier alpha value is -1.00. The highest BCUT2D eigenvalue weighted by Crippen LogP contribution is 2.08. The maximum absolute atomic E-state index is 4.19. The standard InChI is InChI=1S/C11H18N4/c1-15-6-3-10(4-7-15)13-8-11-2-5-12-9-14-11/h2,5,9-10,13H,3-4,6-8H2,1H3. The molecule has 4 nitrogen and oxygen atoms in total. The van der Waals surface area contributed by atoms with Crippen LogP contribution in [0.25, 0.3) is 0 Å². The molecule has 1 aliphatic heterocycles. The molecule has 82 valence electrons. The molecule has 0 radical (unpaired) electrons. The van der Waals surface area contributed by atoms with E-state index in [4.69, 9.17) is 0 Å². The first-order chi connectivity index (χ1) is 7.34. The van der Waals surface area contributed by atoms with Crippen LogP contribution in [0.4, 0.5) is 0 Å². The summed E-state index contributed by atoms with van der Waals surface area (Å²) in [6, 6.07) is 2.61. The van der Waals surface area contributed by atoms with Gasteiger partial charge in [-0.15, -0.1) is 0 Å². The molecule has 0 aromatic carbocycles. The van der Waals surface area contributed by atoms with Crippen molar-refractivity contribution in [2.75, 3.05) is 20.1 Å². The van der Waals surface area contributed by atoms with Gasteiger partial charge in [-0.25, -0.2) is 9.97 Å². The topological polar surface area (TPSA) is 41.0 Å². The SMILES string of the molecule is CN1CCC(NCc2ccncn2)CC1. The third-order valence-electron chi connectivity index (χ3n) is 2.93. The van der Waals surface area contributed by atoms with Crippen molar-refractivity contribution < 1.29 is 0 Å². The molecule has 15 heavy (non-hydrogen) atoms. The Morgan fingerprint density at radius 1 is 1.47 bits per heavy atom. The minimum Gasteiger partial charge on any atom is -0.308 e. The average molecular weight is 206 g/mol. The van der Waals surface area contributed by atoms with Crippen molar-refractivity contribution >= 4 is 0 Å². The van der Waals surface area contributed by atoms with Gasteiger partial charge in [-0.05, 0) is 39.0 Å². The van der Waals surface area contributed by atoms with Crippen molar-refractivity contribution in [3.8, 4) is 0 Å². The lowest BCUT2D eigenvalue weighted by molar-refractivity contribution is 0.233. The summed E-state index contributed by atoms with van der Waals surface area (Å²) in [5, 5.41) is 3.54. The highest BCUT2D eigenvalue weighted by atomic mass is 15.1. The summed E-state index contributed by atoms with van der Waals surface area (Å²) in [5.74, 6) is 0. The van der Waals surface area contributed by atoms with Crippen molar-refractivity contribution in [1.82, 2.24) is 20.2 Å². The van der Waals surface area contributed by atoms with Gasteiger partial charge in [0.2, 0.25) is 0 Å². The van der Waals surface area contributed by atoms with E-state index in [2.05, 4.69) is 27.2 Å². The zero-order valence-electron chi connectivity index (χ0n) is 9.19. The molecule has 0 spiro atoms. The van der Waals surface area contributed by atoms with E-state index in [-0.39, 0.29) is 0 Å². The number of aromatic nitrogens is 2. The molecule has 1 aromatic rings. The van der Waals surface area contributed by atoms with Gasteiger partial charge in [0.25, 0.3) is 0 Å². The lowest BCUT2D eigenvalue weighted by atomic mass is 10.1. The zero-order valence-corrected chi connectivity index (χ0v) is 9.19. The predicted octanol–water partition coefficient (Wildman–Crippen LogP) is 0.660. The molecular formula is C11H18N4. The average Bonchev–Trinajstić information content (AvgIpc) is 2.30. The smallest absolute Gasteiger partial charge is 0.115 e. The first-order valence-electron chi connectivity index (χ1n) is 5.51. The Morgan fingerprint density at radius 2 is 2.27 bits per heavy atom. The number of piperidine rings is 1. The summed E-state index contributed by atoms with van der Waals surface area (Å²) in [6.07, 6.45) is 5.87. The summed E-state index contributed by atoms with van der Waals surface area (Å²) in [6.45, 7) is 3.25. The second-order valence-corrected chi connectivity index (χ2v) is 4.16. The molecule has 2 heterocycles. The van der Waals surface area contributed by atoms with Crippen molar-refractivity contribution in [3.63, 3.8) is 0 Å². The molecule has 4 heteroatoms. The van der Waals surface area contributed by atoms with Crippen molar-refractivity contribution in [2.24, 2.45) is 0 Å². The lowest BCUT2D eigenvalue weighted by Gasteiger charge is -2.29. The van der Waals surface area contributed by atoms with Gasteiger partial charge >= 0.3 is 0 Å². The van der Waals surface area contributed by atoms with E-state index in [1.54, 1.807) is 12.5 Å². The Kier molecular flexibility index (Phi) is 3.64. The van der Waals surface area contributed by atoms with Crippen LogP contribution in [0.1, 0.15) is 18.5 Å². The molecule has 1 saturated heterocycles. The monoisotopic (exact) mass is 206 g/mol. The lowest BCUT2D eigenvalue weighted by Crippen LogP contribution is -2.40. The van der Waals surface area contributed by atoms with E-state index >= 15 is 0 Å². The second-order valence-electron chi connectivity index (χ2n) is 4.16. The molecule has 1 aliphatic rings. The quantitative estimate of drug-likeness (QED) is 0.789. The normalized spacial score (nSPS) is 19.3. The largest absolute Gasteiger partial charge is 0.308 e. The third kappa shape index (κ3) is 3.25. The fourth-order valence-electron chi connectivity index (χ4n) is 1.88. The van der Waals surface area contributed by atoms with Gasteiger partial charge in [0, 0.05) is 18.8 Å². The first kappa shape index (κ1) is 10.5. The molecule has 0 aliphatic carbocycles. The molecule has 1 fully saturated rings. The van der Waals surface area contributed by atoms with Crippen LogP contribution in [0.3, 0.4) is 0 Å². The Balaban J connectivity index is 1.74. The summed E-state index contributed by atoms with van der Waals surface area (Å²) in [7, 11) is 2.18. The van der Waals surface area contributed by atoms with Crippen LogP contribution in [0.5, 0.6) is 0 Å². The number of likely N-dealkylation sites (tertiary alicyclic amines) is 1. The molecule has 2 rings (SSSR count). The van der Waals surface area contributed by atoms with Crippen molar-refractivity contribution in [3.05, 3.63) is 24.3 Å². The second kappa shape index (κ2) is 5.19. The molecular weight excluding hydrogens is 188 g/mol. The van der Waals surface area contributed by atoms with Crippen molar-refractivity contribution in [1.29, 1.82) is 0 Å². The van der Waals surface area contributed by atoms with Gasteiger partial charge in [0.1, 0.15) is 6.33 Å². The van der Waals surface area contributed by atoms with Gasteiger partial charge in [-0.3, -0.25) is 0 Å². The third-order valence-corrected chi connectivity index (χ3v) is 2.93. The minimum absolute atomic E-state index is 0.649. The molecule has 0 atom stereocenters.